The number of nitrogens with two attached hydrogens (primary N) is 1. The molecular weight excluding hydrogens is 356 g/mol. The Labute approximate surface area is 144 Å². The summed E-state index contributed by atoms with van der Waals surface area (Å²) >= 11 is 3.46. The van der Waals surface area contributed by atoms with Gasteiger partial charge in [0.25, 0.3) is 5.91 Å². The second-order valence-electron chi connectivity index (χ2n) is 5.09. The first-order valence-corrected chi connectivity index (χ1v) is 8.24. The lowest BCUT2D eigenvalue weighted by Crippen LogP contribution is -2.30. The summed E-state index contributed by atoms with van der Waals surface area (Å²) < 4.78 is 0.968. The molecule has 2 aromatic rings. The number of halogens is 1. The first-order valence-electron chi connectivity index (χ1n) is 7.45. The van der Waals surface area contributed by atoms with Crippen molar-refractivity contribution in [1.82, 2.24) is 4.90 Å². The zero-order valence-electron chi connectivity index (χ0n) is 13.2. The average Bonchev–Trinajstić information content (AvgIpc) is 2.86. The van der Waals surface area contributed by atoms with Crippen molar-refractivity contribution >= 4 is 38.5 Å². The van der Waals surface area contributed by atoms with Crippen LogP contribution in [0.4, 0.5) is 0 Å². The van der Waals surface area contributed by atoms with Gasteiger partial charge in [-0.15, -0.1) is 0 Å². The van der Waals surface area contributed by atoms with Crippen molar-refractivity contribution in [3.63, 3.8) is 0 Å². The van der Waals surface area contributed by atoms with Crippen LogP contribution in [-0.2, 0) is 11.3 Å². The Morgan fingerprint density at radius 2 is 1.96 bits per heavy atom. The molecule has 0 aliphatic carbocycles. The number of carbonyl (C=O) groups is 2. The third-order valence-corrected chi connectivity index (χ3v) is 4.19. The topological polar surface area (TPSA) is 63.4 Å². The molecule has 3 rings (SSSR count). The van der Waals surface area contributed by atoms with Crippen LogP contribution in [0.25, 0.3) is 10.8 Å². The van der Waals surface area contributed by atoms with Gasteiger partial charge in [-0.25, -0.2) is 0 Å². The summed E-state index contributed by atoms with van der Waals surface area (Å²) in [7, 11) is 0. The van der Waals surface area contributed by atoms with Gasteiger partial charge in [0.2, 0.25) is 5.91 Å². The summed E-state index contributed by atoms with van der Waals surface area (Å²) in [5, 5.41) is 2.13. The summed E-state index contributed by atoms with van der Waals surface area (Å²) in [5.74, 6) is -0.666. The van der Waals surface area contributed by atoms with Gasteiger partial charge < -0.3 is 10.6 Å². The molecule has 2 amide bonds. The number of rotatable bonds is 3. The minimum Gasteiger partial charge on any atom is -0.366 e. The van der Waals surface area contributed by atoms with Crippen molar-refractivity contribution in [2.75, 3.05) is 6.54 Å². The van der Waals surface area contributed by atoms with Crippen molar-refractivity contribution in [2.45, 2.75) is 20.4 Å². The fraction of sp³-hybridized carbons (Fsp3) is 0.222. The van der Waals surface area contributed by atoms with Gasteiger partial charge in [-0.05, 0) is 34.5 Å². The number of hydrogen-bond acceptors (Lipinski definition) is 2. The lowest BCUT2D eigenvalue weighted by atomic mass is 10.0. The van der Waals surface area contributed by atoms with Crippen LogP contribution in [0, 0.1) is 0 Å². The van der Waals surface area contributed by atoms with E-state index in [4.69, 9.17) is 5.73 Å². The summed E-state index contributed by atoms with van der Waals surface area (Å²) in [5.41, 5.74) is 7.09. The standard InChI is InChI=1S/C16H13BrN2O2.C2H6/c1-9(15(18)20)7-19-8-14-12(16(19)21)5-3-10-2-4-11(17)6-13(10)14;1-2/h2-6H,1,7-8H2,(H2,18,20);1-2H3. The Morgan fingerprint density at radius 1 is 1.30 bits per heavy atom. The first-order chi connectivity index (χ1) is 11.0. The first kappa shape index (κ1) is 17.2. The van der Waals surface area contributed by atoms with Crippen molar-refractivity contribution in [1.29, 1.82) is 0 Å². The lowest BCUT2D eigenvalue weighted by molar-refractivity contribution is -0.114. The molecule has 0 bridgehead atoms. The lowest BCUT2D eigenvalue weighted by Gasteiger charge is -2.15. The van der Waals surface area contributed by atoms with E-state index in [-0.39, 0.29) is 18.0 Å². The molecule has 0 saturated heterocycles. The summed E-state index contributed by atoms with van der Waals surface area (Å²) in [4.78, 5) is 25.1. The smallest absolute Gasteiger partial charge is 0.254 e. The second kappa shape index (κ2) is 6.96. The van der Waals surface area contributed by atoms with Gasteiger partial charge in [-0.3, -0.25) is 9.59 Å². The maximum absolute atomic E-state index is 12.4. The normalized spacial score (nSPS) is 12.7. The highest BCUT2D eigenvalue weighted by molar-refractivity contribution is 9.10. The van der Waals surface area contributed by atoms with Gasteiger partial charge in [0.05, 0.1) is 6.54 Å². The van der Waals surface area contributed by atoms with Gasteiger partial charge in [0.1, 0.15) is 0 Å². The highest BCUT2D eigenvalue weighted by Gasteiger charge is 2.29. The molecule has 0 fully saturated rings. The number of nitrogens with zero attached hydrogens (tertiary/aromatic N) is 1. The molecule has 0 aromatic heterocycles. The molecule has 4 nitrogen and oxygen atoms in total. The average molecular weight is 375 g/mol. The quantitative estimate of drug-likeness (QED) is 0.833. The van der Waals surface area contributed by atoms with E-state index in [2.05, 4.69) is 22.5 Å². The largest absolute Gasteiger partial charge is 0.366 e. The fourth-order valence-corrected chi connectivity index (χ4v) is 2.95. The van der Waals surface area contributed by atoms with Crippen molar-refractivity contribution in [3.05, 3.63) is 58.1 Å². The molecule has 5 heteroatoms. The van der Waals surface area contributed by atoms with Crippen LogP contribution in [0.1, 0.15) is 29.8 Å². The molecule has 1 aliphatic rings. The zero-order valence-corrected chi connectivity index (χ0v) is 14.8. The van der Waals surface area contributed by atoms with Crippen LogP contribution in [0.5, 0.6) is 0 Å². The van der Waals surface area contributed by atoms with Gasteiger partial charge in [-0.1, -0.05) is 48.5 Å². The number of hydrogen-bond donors (Lipinski definition) is 1. The molecule has 0 saturated carbocycles. The van der Waals surface area contributed by atoms with E-state index in [9.17, 15) is 9.59 Å². The maximum Gasteiger partial charge on any atom is 0.254 e. The molecule has 0 atom stereocenters. The van der Waals surface area contributed by atoms with E-state index >= 15 is 0 Å². The monoisotopic (exact) mass is 374 g/mol. The second-order valence-corrected chi connectivity index (χ2v) is 6.00. The number of amides is 2. The van der Waals surface area contributed by atoms with Crippen LogP contribution in [-0.4, -0.2) is 23.3 Å². The Balaban J connectivity index is 0.000000924. The Hall–Kier alpha value is -2.14. The number of fused-ring (bicyclic) bond motifs is 3. The van der Waals surface area contributed by atoms with Crippen LogP contribution in [0.2, 0.25) is 0 Å². The molecule has 2 N–H and O–H groups in total. The number of benzene rings is 2. The third kappa shape index (κ3) is 3.29. The Morgan fingerprint density at radius 3 is 2.61 bits per heavy atom. The molecular formula is C18H19BrN2O2. The molecule has 0 unspecified atom stereocenters. The predicted molar refractivity (Wildman–Crippen MR) is 96.1 cm³/mol. The van der Waals surface area contributed by atoms with Crippen LogP contribution < -0.4 is 5.73 Å². The van der Waals surface area contributed by atoms with Gasteiger partial charge in [0, 0.05) is 22.2 Å². The zero-order chi connectivity index (χ0) is 17.1. The highest BCUT2D eigenvalue weighted by atomic mass is 79.9. The van der Waals surface area contributed by atoms with E-state index in [1.807, 2.05) is 44.2 Å². The van der Waals surface area contributed by atoms with Crippen molar-refractivity contribution < 1.29 is 9.59 Å². The summed E-state index contributed by atoms with van der Waals surface area (Å²) in [6, 6.07) is 9.76. The molecule has 1 aliphatic heterocycles. The van der Waals surface area contributed by atoms with E-state index in [0.29, 0.717) is 12.1 Å². The van der Waals surface area contributed by atoms with Crippen molar-refractivity contribution in [2.24, 2.45) is 5.73 Å². The van der Waals surface area contributed by atoms with Crippen LogP contribution in [0.3, 0.4) is 0 Å². The van der Waals surface area contributed by atoms with Gasteiger partial charge in [0.15, 0.2) is 0 Å². The van der Waals surface area contributed by atoms with E-state index in [1.165, 1.54) is 0 Å². The van der Waals surface area contributed by atoms with E-state index in [0.717, 1.165) is 20.8 Å². The Bertz CT molecular complexity index is 799. The molecule has 120 valence electrons. The van der Waals surface area contributed by atoms with Crippen molar-refractivity contribution in [3.8, 4) is 0 Å². The molecule has 23 heavy (non-hydrogen) atoms. The van der Waals surface area contributed by atoms with Gasteiger partial charge in [-0.2, -0.15) is 0 Å². The summed E-state index contributed by atoms with van der Waals surface area (Å²) in [6.45, 7) is 8.25. The SMILES string of the molecule is C=C(CN1Cc2c(ccc3ccc(Br)cc23)C1=O)C(N)=O.CC. The minimum atomic E-state index is -0.577. The third-order valence-electron chi connectivity index (χ3n) is 3.69. The van der Waals surface area contributed by atoms with Crippen LogP contribution >= 0.6 is 15.9 Å². The van der Waals surface area contributed by atoms with E-state index in [1.54, 1.807) is 4.90 Å². The maximum atomic E-state index is 12.4. The molecule has 0 spiro atoms. The Kier molecular flexibility index (Phi) is 5.21. The molecule has 2 aromatic carbocycles. The van der Waals surface area contributed by atoms with E-state index < -0.39 is 5.91 Å². The predicted octanol–water partition coefficient (Wildman–Crippen LogP) is 3.63. The highest BCUT2D eigenvalue weighted by Crippen LogP contribution is 2.32. The molecule has 0 radical (unpaired) electrons. The fourth-order valence-electron chi connectivity index (χ4n) is 2.59. The summed E-state index contributed by atoms with van der Waals surface area (Å²) in [6.07, 6.45) is 0. The number of primary amides is 1. The van der Waals surface area contributed by atoms with Gasteiger partial charge >= 0.3 is 0 Å². The molecule has 1 heterocycles. The number of carbonyl (C=O) groups excluding carboxylic acids is 2. The minimum absolute atomic E-state index is 0.0886. The van der Waals surface area contributed by atoms with Crippen LogP contribution in [0.15, 0.2) is 47.0 Å².